The largest absolute Gasteiger partial charge is 0.349 e. The summed E-state index contributed by atoms with van der Waals surface area (Å²) in [6.07, 6.45) is 4.58. The van der Waals surface area contributed by atoms with E-state index in [2.05, 4.69) is 17.0 Å². The van der Waals surface area contributed by atoms with Crippen LogP contribution in [-0.4, -0.2) is 22.2 Å². The summed E-state index contributed by atoms with van der Waals surface area (Å²) in [5, 5.41) is 7.30. The molecule has 0 saturated carbocycles. The van der Waals surface area contributed by atoms with Crippen molar-refractivity contribution < 1.29 is 9.18 Å². The van der Waals surface area contributed by atoms with Crippen molar-refractivity contribution >= 4 is 23.6 Å². The van der Waals surface area contributed by atoms with Crippen LogP contribution < -0.4 is 5.32 Å². The van der Waals surface area contributed by atoms with E-state index in [1.165, 1.54) is 22.9 Å². The number of nitrogens with one attached hydrogen (secondary N) is 1. The molecule has 2 rings (SSSR count). The third kappa shape index (κ3) is 3.62. The molecule has 0 bridgehead atoms. The van der Waals surface area contributed by atoms with Crippen LogP contribution in [0.2, 0.25) is 5.15 Å². The van der Waals surface area contributed by atoms with Gasteiger partial charge in [-0.05, 0) is 37.3 Å². The average molecular weight is 320 g/mol. The number of hydrogen-bond donors (Lipinski definition) is 1. The van der Waals surface area contributed by atoms with E-state index in [4.69, 9.17) is 11.6 Å². The minimum atomic E-state index is -0.331. The van der Waals surface area contributed by atoms with Gasteiger partial charge in [-0.15, -0.1) is 6.58 Å². The van der Waals surface area contributed by atoms with E-state index < -0.39 is 0 Å². The summed E-state index contributed by atoms with van der Waals surface area (Å²) in [6, 6.07) is 5.83. The van der Waals surface area contributed by atoms with Crippen molar-refractivity contribution in [2.75, 3.05) is 6.54 Å². The van der Waals surface area contributed by atoms with Crippen molar-refractivity contribution in [1.29, 1.82) is 0 Å². The molecule has 0 fully saturated rings. The fourth-order valence-corrected chi connectivity index (χ4v) is 2.18. The lowest BCUT2D eigenvalue weighted by molar-refractivity contribution is -0.116. The molecule has 2 aromatic rings. The number of carbonyl (C=O) groups is 1. The molecule has 0 unspecified atom stereocenters. The molecule has 1 amide bonds. The molecule has 6 heteroatoms. The van der Waals surface area contributed by atoms with Gasteiger partial charge in [-0.1, -0.05) is 17.7 Å². The van der Waals surface area contributed by atoms with E-state index in [1.54, 1.807) is 31.2 Å². The van der Waals surface area contributed by atoms with Crippen molar-refractivity contribution in [2.24, 2.45) is 0 Å². The number of aromatic nitrogens is 2. The van der Waals surface area contributed by atoms with Crippen LogP contribution >= 0.6 is 11.6 Å². The molecule has 1 heterocycles. The molecular weight excluding hydrogens is 305 g/mol. The average Bonchev–Trinajstić information content (AvgIpc) is 2.78. The maximum Gasteiger partial charge on any atom is 0.244 e. The smallest absolute Gasteiger partial charge is 0.244 e. The number of carbonyl (C=O) groups excluding carboxylic acids is 1. The Morgan fingerprint density at radius 1 is 1.45 bits per heavy atom. The summed E-state index contributed by atoms with van der Waals surface area (Å²) in [5.41, 5.74) is 1.95. The summed E-state index contributed by atoms with van der Waals surface area (Å²) in [4.78, 5) is 11.6. The fourth-order valence-electron chi connectivity index (χ4n) is 1.84. The van der Waals surface area contributed by atoms with Crippen LogP contribution in [0.25, 0.3) is 11.8 Å². The highest BCUT2D eigenvalue weighted by Crippen LogP contribution is 2.24. The van der Waals surface area contributed by atoms with Crippen LogP contribution in [0.15, 0.2) is 43.0 Å². The van der Waals surface area contributed by atoms with E-state index in [0.29, 0.717) is 28.6 Å². The normalized spacial score (nSPS) is 10.9. The standard InChI is InChI=1S/C16H15ClFN3O/c1-3-10-19-15(22)9-8-14-11(2)20-21(16(14)17)13-6-4-12(18)5-7-13/h3-9H,1,10H2,2H3,(H,19,22)/b9-8+. The first-order valence-electron chi connectivity index (χ1n) is 6.61. The Bertz CT molecular complexity index is 720. The van der Waals surface area contributed by atoms with Crippen LogP contribution in [0.5, 0.6) is 0 Å². The third-order valence-corrected chi connectivity index (χ3v) is 3.30. The molecule has 0 aliphatic heterocycles. The van der Waals surface area contributed by atoms with Gasteiger partial charge < -0.3 is 5.32 Å². The quantitative estimate of drug-likeness (QED) is 0.679. The Morgan fingerprint density at radius 2 is 2.14 bits per heavy atom. The molecule has 0 aliphatic rings. The van der Waals surface area contributed by atoms with Gasteiger partial charge in [-0.2, -0.15) is 5.10 Å². The minimum absolute atomic E-state index is 0.245. The monoisotopic (exact) mass is 319 g/mol. The molecule has 4 nitrogen and oxygen atoms in total. The molecule has 1 aromatic heterocycles. The van der Waals surface area contributed by atoms with Crippen LogP contribution in [0, 0.1) is 12.7 Å². The minimum Gasteiger partial charge on any atom is -0.349 e. The van der Waals surface area contributed by atoms with Gasteiger partial charge in [0.25, 0.3) is 0 Å². The first kappa shape index (κ1) is 16.0. The van der Waals surface area contributed by atoms with E-state index in [0.717, 1.165) is 0 Å². The van der Waals surface area contributed by atoms with Crippen LogP contribution in [0.4, 0.5) is 4.39 Å². The van der Waals surface area contributed by atoms with Crippen LogP contribution in [-0.2, 0) is 4.79 Å². The van der Waals surface area contributed by atoms with E-state index >= 15 is 0 Å². The predicted molar refractivity (Wildman–Crippen MR) is 85.5 cm³/mol. The zero-order chi connectivity index (χ0) is 16.1. The lowest BCUT2D eigenvalue weighted by atomic mass is 10.2. The Kier molecular flexibility index (Phi) is 5.12. The maximum atomic E-state index is 13.0. The molecule has 114 valence electrons. The molecule has 0 radical (unpaired) electrons. The molecule has 0 aliphatic carbocycles. The topological polar surface area (TPSA) is 46.9 Å². The number of nitrogens with zero attached hydrogens (tertiary/aromatic N) is 2. The van der Waals surface area contributed by atoms with Gasteiger partial charge in [0.2, 0.25) is 5.91 Å². The maximum absolute atomic E-state index is 13.0. The Hall–Kier alpha value is -2.40. The SMILES string of the molecule is C=CCNC(=O)/C=C/c1c(C)nn(-c2ccc(F)cc2)c1Cl. The Labute approximate surface area is 132 Å². The second-order valence-electron chi connectivity index (χ2n) is 4.55. The van der Waals surface area contributed by atoms with Gasteiger partial charge in [0, 0.05) is 18.2 Å². The number of halogens is 2. The van der Waals surface area contributed by atoms with Gasteiger partial charge in [-0.25, -0.2) is 9.07 Å². The second kappa shape index (κ2) is 7.04. The van der Waals surface area contributed by atoms with Gasteiger partial charge in [-0.3, -0.25) is 4.79 Å². The van der Waals surface area contributed by atoms with Crippen molar-refractivity contribution in [3.05, 3.63) is 65.2 Å². The first-order valence-corrected chi connectivity index (χ1v) is 6.98. The van der Waals surface area contributed by atoms with Crippen molar-refractivity contribution in [2.45, 2.75) is 6.92 Å². The Morgan fingerprint density at radius 3 is 2.77 bits per heavy atom. The number of aryl methyl sites for hydroxylation is 1. The van der Waals surface area contributed by atoms with E-state index in [9.17, 15) is 9.18 Å². The molecule has 0 atom stereocenters. The molecule has 0 spiro atoms. The summed E-state index contributed by atoms with van der Waals surface area (Å²) < 4.78 is 14.5. The van der Waals surface area contributed by atoms with Gasteiger partial charge >= 0.3 is 0 Å². The van der Waals surface area contributed by atoms with Crippen molar-refractivity contribution in [1.82, 2.24) is 15.1 Å². The molecule has 22 heavy (non-hydrogen) atoms. The van der Waals surface area contributed by atoms with Crippen molar-refractivity contribution in [3.63, 3.8) is 0 Å². The van der Waals surface area contributed by atoms with Gasteiger partial charge in [0.05, 0.1) is 11.4 Å². The van der Waals surface area contributed by atoms with E-state index in [1.807, 2.05) is 0 Å². The van der Waals surface area contributed by atoms with E-state index in [-0.39, 0.29) is 11.7 Å². The fraction of sp³-hybridized carbons (Fsp3) is 0.125. The number of rotatable bonds is 5. The zero-order valence-electron chi connectivity index (χ0n) is 12.0. The van der Waals surface area contributed by atoms with Crippen LogP contribution in [0.3, 0.4) is 0 Å². The summed E-state index contributed by atoms with van der Waals surface area (Å²) >= 11 is 6.30. The predicted octanol–water partition coefficient (Wildman–Crippen LogP) is 3.29. The highest BCUT2D eigenvalue weighted by atomic mass is 35.5. The highest BCUT2D eigenvalue weighted by Gasteiger charge is 2.12. The third-order valence-electron chi connectivity index (χ3n) is 2.94. The van der Waals surface area contributed by atoms with Crippen LogP contribution in [0.1, 0.15) is 11.3 Å². The number of hydrogen-bond acceptors (Lipinski definition) is 2. The lowest BCUT2D eigenvalue weighted by Gasteiger charge is -2.02. The summed E-state index contributed by atoms with van der Waals surface area (Å²) in [5.74, 6) is -0.576. The molecule has 0 saturated heterocycles. The highest BCUT2D eigenvalue weighted by molar-refractivity contribution is 6.31. The lowest BCUT2D eigenvalue weighted by Crippen LogP contribution is -2.20. The Balaban J connectivity index is 2.27. The number of amides is 1. The molecule has 1 aromatic carbocycles. The van der Waals surface area contributed by atoms with Gasteiger partial charge in [0.15, 0.2) is 0 Å². The van der Waals surface area contributed by atoms with Crippen molar-refractivity contribution in [3.8, 4) is 5.69 Å². The molecule has 1 N–H and O–H groups in total. The molecular formula is C16H15ClFN3O. The van der Waals surface area contributed by atoms with Gasteiger partial charge in [0.1, 0.15) is 11.0 Å². The first-order chi connectivity index (χ1) is 10.5. The second-order valence-corrected chi connectivity index (χ2v) is 4.90. The zero-order valence-corrected chi connectivity index (χ0v) is 12.8. The number of benzene rings is 1. The summed E-state index contributed by atoms with van der Waals surface area (Å²) in [7, 11) is 0. The summed E-state index contributed by atoms with van der Waals surface area (Å²) in [6.45, 7) is 5.70.